The second-order valence-electron chi connectivity index (χ2n) is 4.17. The lowest BCUT2D eigenvalue weighted by molar-refractivity contribution is 0.839. The van der Waals surface area contributed by atoms with E-state index in [0.29, 0.717) is 0 Å². The molecular weight excluding hydrogens is 208 g/mol. The van der Waals surface area contributed by atoms with E-state index < -0.39 is 0 Å². The number of rotatable bonds is 4. The van der Waals surface area contributed by atoms with E-state index in [4.69, 9.17) is 0 Å². The monoisotopic (exact) mass is 226 g/mol. The number of hydrogen-bond acceptors (Lipinski definition) is 2. The summed E-state index contributed by atoms with van der Waals surface area (Å²) in [6.45, 7) is 4.29. The lowest BCUT2D eigenvalue weighted by Gasteiger charge is -2.15. The zero-order valence-electron chi connectivity index (χ0n) is 10.4. The zero-order chi connectivity index (χ0) is 12.1. The molecule has 0 aliphatic carbocycles. The molecule has 0 aliphatic rings. The van der Waals surface area contributed by atoms with Crippen LogP contribution in [0.5, 0.6) is 0 Å². The van der Waals surface area contributed by atoms with Crippen molar-refractivity contribution in [2.45, 2.75) is 26.3 Å². The third-order valence-corrected chi connectivity index (χ3v) is 2.85. The molecule has 1 aromatic heterocycles. The molecule has 0 saturated carbocycles. The Kier molecular flexibility index (Phi) is 3.76. The first-order chi connectivity index (χ1) is 8.29. The molecule has 1 heterocycles. The van der Waals surface area contributed by atoms with Gasteiger partial charge in [0.1, 0.15) is 0 Å². The summed E-state index contributed by atoms with van der Waals surface area (Å²) in [5, 5.41) is 3.47. The molecule has 0 bridgehead atoms. The Labute approximate surface area is 103 Å². The first-order valence-electron chi connectivity index (χ1n) is 6.06. The van der Waals surface area contributed by atoms with Crippen molar-refractivity contribution in [3.05, 3.63) is 59.9 Å². The Bertz CT molecular complexity index is 465. The Morgan fingerprint density at radius 3 is 2.76 bits per heavy atom. The average Bonchev–Trinajstić information content (AvgIpc) is 2.40. The number of nitrogens with zero attached hydrogens (tertiary/aromatic N) is 1. The standard InChI is InChI=1S/C15H18N2/c1-3-13-7-6-8-14(11-13)17-12(2)15-9-4-5-10-16-15/h4-12,17H,3H2,1-2H3. The summed E-state index contributed by atoms with van der Waals surface area (Å²) in [6.07, 6.45) is 2.89. The van der Waals surface area contributed by atoms with Crippen LogP contribution in [-0.2, 0) is 6.42 Å². The first-order valence-corrected chi connectivity index (χ1v) is 6.06. The van der Waals surface area contributed by atoms with Crippen LogP contribution >= 0.6 is 0 Å². The molecule has 1 atom stereocenters. The van der Waals surface area contributed by atoms with Gasteiger partial charge in [0.25, 0.3) is 0 Å². The first kappa shape index (κ1) is 11.6. The maximum absolute atomic E-state index is 4.35. The van der Waals surface area contributed by atoms with Gasteiger partial charge in [0, 0.05) is 11.9 Å². The average molecular weight is 226 g/mol. The second kappa shape index (κ2) is 5.48. The number of pyridine rings is 1. The highest BCUT2D eigenvalue weighted by Crippen LogP contribution is 2.18. The van der Waals surface area contributed by atoms with Crippen LogP contribution in [0, 0.1) is 0 Å². The summed E-state index contributed by atoms with van der Waals surface area (Å²) < 4.78 is 0. The molecule has 0 fully saturated rings. The summed E-state index contributed by atoms with van der Waals surface area (Å²) in [5.41, 5.74) is 3.57. The van der Waals surface area contributed by atoms with Gasteiger partial charge >= 0.3 is 0 Å². The largest absolute Gasteiger partial charge is 0.377 e. The highest BCUT2D eigenvalue weighted by molar-refractivity contribution is 5.47. The van der Waals surface area contributed by atoms with Crippen molar-refractivity contribution in [3.63, 3.8) is 0 Å². The van der Waals surface area contributed by atoms with E-state index in [9.17, 15) is 0 Å². The van der Waals surface area contributed by atoms with Crippen LogP contribution in [0.25, 0.3) is 0 Å². The second-order valence-corrected chi connectivity index (χ2v) is 4.17. The smallest absolute Gasteiger partial charge is 0.0657 e. The van der Waals surface area contributed by atoms with Gasteiger partial charge < -0.3 is 5.32 Å². The number of benzene rings is 1. The van der Waals surface area contributed by atoms with E-state index in [1.807, 2.05) is 24.4 Å². The van der Waals surface area contributed by atoms with E-state index in [1.165, 1.54) is 5.56 Å². The van der Waals surface area contributed by atoms with Crippen LogP contribution in [0.3, 0.4) is 0 Å². The molecule has 0 spiro atoms. The molecule has 2 rings (SSSR count). The molecule has 0 amide bonds. The van der Waals surface area contributed by atoms with Crippen LogP contribution in [0.15, 0.2) is 48.7 Å². The molecule has 2 heteroatoms. The Morgan fingerprint density at radius 2 is 2.06 bits per heavy atom. The van der Waals surface area contributed by atoms with Gasteiger partial charge in [0.15, 0.2) is 0 Å². The molecule has 1 unspecified atom stereocenters. The molecule has 2 nitrogen and oxygen atoms in total. The minimum Gasteiger partial charge on any atom is -0.377 e. The summed E-state index contributed by atoms with van der Waals surface area (Å²) in [7, 11) is 0. The predicted molar refractivity (Wildman–Crippen MR) is 72.1 cm³/mol. The van der Waals surface area contributed by atoms with E-state index in [0.717, 1.165) is 17.8 Å². The minimum absolute atomic E-state index is 0.225. The summed E-state index contributed by atoms with van der Waals surface area (Å²) in [4.78, 5) is 4.35. The van der Waals surface area contributed by atoms with Gasteiger partial charge in [-0.1, -0.05) is 25.1 Å². The van der Waals surface area contributed by atoms with Crippen LogP contribution in [-0.4, -0.2) is 4.98 Å². The fourth-order valence-corrected chi connectivity index (χ4v) is 1.84. The molecule has 0 aliphatic heterocycles. The Hall–Kier alpha value is -1.83. The predicted octanol–water partition coefficient (Wildman–Crippen LogP) is 3.82. The maximum atomic E-state index is 4.35. The van der Waals surface area contributed by atoms with E-state index in [1.54, 1.807) is 0 Å². The third kappa shape index (κ3) is 3.06. The number of nitrogens with one attached hydrogen (secondary N) is 1. The molecule has 88 valence electrons. The van der Waals surface area contributed by atoms with Crippen molar-refractivity contribution < 1.29 is 0 Å². The van der Waals surface area contributed by atoms with Gasteiger partial charge in [0.05, 0.1) is 11.7 Å². The highest BCUT2D eigenvalue weighted by Gasteiger charge is 2.05. The lowest BCUT2D eigenvalue weighted by Crippen LogP contribution is -2.08. The van der Waals surface area contributed by atoms with Crippen molar-refractivity contribution >= 4 is 5.69 Å². The number of hydrogen-bond donors (Lipinski definition) is 1. The molecule has 1 N–H and O–H groups in total. The molecule has 0 radical (unpaired) electrons. The molecule has 1 aromatic carbocycles. The number of anilines is 1. The van der Waals surface area contributed by atoms with Gasteiger partial charge in [-0.05, 0) is 43.2 Å². The Balaban J connectivity index is 2.10. The van der Waals surface area contributed by atoms with Crippen molar-refractivity contribution in [2.75, 3.05) is 5.32 Å². The summed E-state index contributed by atoms with van der Waals surface area (Å²) in [5.74, 6) is 0. The van der Waals surface area contributed by atoms with Gasteiger partial charge in [-0.3, -0.25) is 4.98 Å². The number of aryl methyl sites for hydroxylation is 1. The Morgan fingerprint density at radius 1 is 1.18 bits per heavy atom. The molecular formula is C15H18N2. The summed E-state index contributed by atoms with van der Waals surface area (Å²) in [6, 6.07) is 14.8. The highest BCUT2D eigenvalue weighted by atomic mass is 14.9. The zero-order valence-corrected chi connectivity index (χ0v) is 10.4. The SMILES string of the molecule is CCc1cccc(NC(C)c2ccccn2)c1. The fraction of sp³-hybridized carbons (Fsp3) is 0.267. The van der Waals surface area contributed by atoms with Gasteiger partial charge in [-0.25, -0.2) is 0 Å². The van der Waals surface area contributed by atoms with Gasteiger partial charge in [0.2, 0.25) is 0 Å². The summed E-state index contributed by atoms with van der Waals surface area (Å²) >= 11 is 0. The van der Waals surface area contributed by atoms with Crippen molar-refractivity contribution in [2.24, 2.45) is 0 Å². The lowest BCUT2D eigenvalue weighted by atomic mass is 10.1. The van der Waals surface area contributed by atoms with Crippen molar-refractivity contribution in [1.29, 1.82) is 0 Å². The van der Waals surface area contributed by atoms with Gasteiger partial charge in [-0.15, -0.1) is 0 Å². The van der Waals surface area contributed by atoms with E-state index in [-0.39, 0.29) is 6.04 Å². The van der Waals surface area contributed by atoms with Gasteiger partial charge in [-0.2, -0.15) is 0 Å². The quantitative estimate of drug-likeness (QED) is 0.857. The minimum atomic E-state index is 0.225. The van der Waals surface area contributed by atoms with E-state index in [2.05, 4.69) is 48.4 Å². The maximum Gasteiger partial charge on any atom is 0.0657 e. The third-order valence-electron chi connectivity index (χ3n) is 2.85. The van der Waals surface area contributed by atoms with E-state index >= 15 is 0 Å². The number of aromatic nitrogens is 1. The van der Waals surface area contributed by atoms with Crippen LogP contribution < -0.4 is 5.32 Å². The van der Waals surface area contributed by atoms with Crippen molar-refractivity contribution in [1.82, 2.24) is 4.98 Å². The van der Waals surface area contributed by atoms with Crippen LogP contribution in [0.2, 0.25) is 0 Å². The molecule has 2 aromatic rings. The van der Waals surface area contributed by atoms with Crippen LogP contribution in [0.1, 0.15) is 31.1 Å². The normalized spacial score (nSPS) is 12.1. The molecule has 0 saturated heterocycles. The fourth-order valence-electron chi connectivity index (χ4n) is 1.84. The van der Waals surface area contributed by atoms with Crippen molar-refractivity contribution in [3.8, 4) is 0 Å². The van der Waals surface area contributed by atoms with Crippen LogP contribution in [0.4, 0.5) is 5.69 Å². The topological polar surface area (TPSA) is 24.9 Å². The molecule has 17 heavy (non-hydrogen) atoms.